The first kappa shape index (κ1) is 19.6. The van der Waals surface area contributed by atoms with Crippen LogP contribution in [0, 0.1) is 0 Å². The van der Waals surface area contributed by atoms with E-state index in [0.29, 0.717) is 0 Å². The zero-order valence-corrected chi connectivity index (χ0v) is 13.9. The Balaban J connectivity index is 3.77. The van der Waals surface area contributed by atoms with E-state index in [9.17, 15) is 4.57 Å². The number of allylic oxidation sites excluding steroid dienone is 3. The molecule has 0 bridgehead atoms. The number of rotatable bonds is 11. The van der Waals surface area contributed by atoms with Crippen molar-refractivity contribution in [3.63, 3.8) is 0 Å². The van der Waals surface area contributed by atoms with Crippen LogP contribution in [-0.4, -0.2) is 22.7 Å². The van der Waals surface area contributed by atoms with Crippen LogP contribution in [0.2, 0.25) is 0 Å². The summed E-state index contributed by atoms with van der Waals surface area (Å²) in [5.41, 5.74) is 2.64. The third-order valence-electron chi connectivity index (χ3n) is 3.02. The van der Waals surface area contributed by atoms with Crippen LogP contribution in [-0.2, 0) is 9.30 Å². The average molecular weight is 304 g/mol. The number of ether oxygens (including phenoxy) is 1. The Bertz CT molecular complexity index is 355. The minimum Gasteiger partial charge on any atom is -0.365 e. The maximum Gasteiger partial charge on any atom is 0.350 e. The van der Waals surface area contributed by atoms with Gasteiger partial charge in [-0.3, -0.25) is 4.57 Å². The topological polar surface area (TPSA) is 66.8 Å². The minimum atomic E-state index is -4.03. The highest BCUT2D eigenvalue weighted by Crippen LogP contribution is 2.33. The monoisotopic (exact) mass is 304 g/mol. The summed E-state index contributed by atoms with van der Waals surface area (Å²) in [6.45, 7) is 6.66. The van der Waals surface area contributed by atoms with Crippen molar-refractivity contribution < 1.29 is 19.1 Å². The molecule has 0 atom stereocenters. The summed E-state index contributed by atoms with van der Waals surface area (Å²) in [7, 11) is -4.03. The molecule has 0 fully saturated rings. The van der Waals surface area contributed by atoms with Crippen molar-refractivity contribution >= 4 is 7.60 Å². The van der Waals surface area contributed by atoms with Gasteiger partial charge in [-0.1, -0.05) is 43.1 Å². The fourth-order valence-corrected chi connectivity index (χ4v) is 2.12. The standard InChI is InChI=1S/C15H29O4P/c1-4-5-6-8-14(2)9-7-10-15(3)11-12-19-13-20(16,17)18/h9,11H,4-8,10,12-13H2,1-3H3,(H2,16,17,18)/b14-9+,15-11+. The maximum atomic E-state index is 10.6. The summed E-state index contributed by atoms with van der Waals surface area (Å²) in [5.74, 6) is 0. The Morgan fingerprint density at radius 1 is 1.10 bits per heavy atom. The summed E-state index contributed by atoms with van der Waals surface area (Å²) in [6, 6.07) is 0. The molecule has 118 valence electrons. The van der Waals surface area contributed by atoms with Gasteiger partial charge in [0, 0.05) is 0 Å². The van der Waals surface area contributed by atoms with Crippen LogP contribution in [0.1, 0.15) is 59.3 Å². The van der Waals surface area contributed by atoms with Crippen LogP contribution >= 0.6 is 7.60 Å². The van der Waals surface area contributed by atoms with Crippen LogP contribution in [0.3, 0.4) is 0 Å². The van der Waals surface area contributed by atoms with E-state index in [4.69, 9.17) is 14.5 Å². The van der Waals surface area contributed by atoms with Crippen LogP contribution in [0.5, 0.6) is 0 Å². The largest absolute Gasteiger partial charge is 0.365 e. The van der Waals surface area contributed by atoms with Crippen molar-refractivity contribution in [2.75, 3.05) is 13.0 Å². The van der Waals surface area contributed by atoms with E-state index in [1.54, 1.807) is 0 Å². The lowest BCUT2D eigenvalue weighted by atomic mass is 10.1. The molecule has 0 aliphatic carbocycles. The molecule has 0 saturated carbocycles. The van der Waals surface area contributed by atoms with E-state index in [1.165, 1.54) is 36.8 Å². The molecule has 0 aromatic heterocycles. The molecule has 0 saturated heterocycles. The minimum absolute atomic E-state index is 0.260. The van der Waals surface area contributed by atoms with Crippen LogP contribution in [0.4, 0.5) is 0 Å². The van der Waals surface area contributed by atoms with E-state index < -0.39 is 13.9 Å². The lowest BCUT2D eigenvalue weighted by Gasteiger charge is -2.04. The average Bonchev–Trinajstić information content (AvgIpc) is 2.34. The summed E-state index contributed by atoms with van der Waals surface area (Å²) >= 11 is 0. The Hall–Kier alpha value is -0.410. The number of hydrogen-bond acceptors (Lipinski definition) is 2. The summed E-state index contributed by atoms with van der Waals surface area (Å²) in [6.07, 6.45) is 10.6. The molecule has 0 unspecified atom stereocenters. The van der Waals surface area contributed by atoms with Gasteiger partial charge in [0.2, 0.25) is 0 Å². The molecule has 0 spiro atoms. The maximum absolute atomic E-state index is 10.6. The first-order valence-electron chi connectivity index (χ1n) is 7.28. The molecular weight excluding hydrogens is 275 g/mol. The smallest absolute Gasteiger partial charge is 0.350 e. The van der Waals surface area contributed by atoms with Crippen molar-refractivity contribution in [1.29, 1.82) is 0 Å². The van der Waals surface area contributed by atoms with Crippen molar-refractivity contribution in [3.8, 4) is 0 Å². The first-order chi connectivity index (χ1) is 9.35. The second kappa shape index (κ2) is 11.3. The van der Waals surface area contributed by atoms with E-state index in [1.807, 2.05) is 13.0 Å². The fraction of sp³-hybridized carbons (Fsp3) is 0.733. The van der Waals surface area contributed by atoms with Crippen molar-refractivity contribution in [2.45, 2.75) is 59.3 Å². The normalized spacial score (nSPS) is 13.8. The molecule has 0 heterocycles. The lowest BCUT2D eigenvalue weighted by Crippen LogP contribution is -1.95. The number of unbranched alkanes of at least 4 members (excludes halogenated alkanes) is 2. The molecule has 0 radical (unpaired) electrons. The fourth-order valence-electron chi connectivity index (χ4n) is 1.78. The summed E-state index contributed by atoms with van der Waals surface area (Å²) < 4.78 is 15.5. The quantitative estimate of drug-likeness (QED) is 0.337. The third-order valence-corrected chi connectivity index (χ3v) is 3.53. The molecule has 0 aromatic rings. The van der Waals surface area contributed by atoms with Gasteiger partial charge in [0.1, 0.15) is 6.35 Å². The zero-order chi connectivity index (χ0) is 15.4. The molecule has 0 aromatic carbocycles. The predicted octanol–water partition coefficient (Wildman–Crippen LogP) is 4.39. The molecule has 0 rings (SSSR count). The molecule has 0 amide bonds. The molecule has 20 heavy (non-hydrogen) atoms. The van der Waals surface area contributed by atoms with Gasteiger partial charge in [-0.25, -0.2) is 0 Å². The Labute approximate surface area is 123 Å². The first-order valence-corrected chi connectivity index (χ1v) is 9.08. The SMILES string of the molecule is CCCCC/C(C)=C/CC/C(C)=C/COCP(=O)(O)O. The molecule has 2 N–H and O–H groups in total. The predicted molar refractivity (Wildman–Crippen MR) is 83.8 cm³/mol. The van der Waals surface area contributed by atoms with Gasteiger partial charge in [-0.05, 0) is 39.5 Å². The molecule has 0 aliphatic heterocycles. The van der Waals surface area contributed by atoms with Gasteiger partial charge in [0.05, 0.1) is 6.61 Å². The van der Waals surface area contributed by atoms with Gasteiger partial charge in [0.25, 0.3) is 0 Å². The second-order valence-corrected chi connectivity index (χ2v) is 6.85. The summed E-state index contributed by atoms with van der Waals surface area (Å²) in [4.78, 5) is 17.3. The van der Waals surface area contributed by atoms with E-state index >= 15 is 0 Å². The molecular formula is C15H29O4P. The van der Waals surface area contributed by atoms with E-state index in [2.05, 4.69) is 19.9 Å². The van der Waals surface area contributed by atoms with Gasteiger partial charge in [-0.2, -0.15) is 0 Å². The Morgan fingerprint density at radius 3 is 2.35 bits per heavy atom. The lowest BCUT2D eigenvalue weighted by molar-refractivity contribution is 0.184. The zero-order valence-electron chi connectivity index (χ0n) is 13.0. The highest BCUT2D eigenvalue weighted by Gasteiger charge is 2.11. The van der Waals surface area contributed by atoms with E-state index in [0.717, 1.165) is 12.8 Å². The van der Waals surface area contributed by atoms with E-state index in [-0.39, 0.29) is 6.61 Å². The van der Waals surface area contributed by atoms with Gasteiger partial charge in [-0.15, -0.1) is 0 Å². The Kier molecular flexibility index (Phi) is 11.0. The Morgan fingerprint density at radius 2 is 1.75 bits per heavy atom. The summed E-state index contributed by atoms with van der Waals surface area (Å²) in [5, 5.41) is 0. The van der Waals surface area contributed by atoms with Crippen molar-refractivity contribution in [2.24, 2.45) is 0 Å². The highest BCUT2D eigenvalue weighted by molar-refractivity contribution is 7.51. The second-order valence-electron chi connectivity index (χ2n) is 5.26. The van der Waals surface area contributed by atoms with Crippen LogP contribution in [0.15, 0.2) is 23.3 Å². The third kappa shape index (κ3) is 14.0. The van der Waals surface area contributed by atoms with Crippen LogP contribution < -0.4 is 0 Å². The van der Waals surface area contributed by atoms with Gasteiger partial charge in [0.15, 0.2) is 0 Å². The highest BCUT2D eigenvalue weighted by atomic mass is 31.2. The van der Waals surface area contributed by atoms with Crippen molar-refractivity contribution in [1.82, 2.24) is 0 Å². The molecule has 4 nitrogen and oxygen atoms in total. The van der Waals surface area contributed by atoms with Crippen molar-refractivity contribution in [3.05, 3.63) is 23.3 Å². The van der Waals surface area contributed by atoms with Crippen LogP contribution in [0.25, 0.3) is 0 Å². The molecule has 0 aliphatic rings. The number of hydrogen-bond donors (Lipinski definition) is 2. The van der Waals surface area contributed by atoms with Gasteiger partial charge < -0.3 is 14.5 Å². The van der Waals surface area contributed by atoms with Gasteiger partial charge >= 0.3 is 7.60 Å². The molecule has 5 heteroatoms.